The summed E-state index contributed by atoms with van der Waals surface area (Å²) >= 11 is 6.00. The lowest BCUT2D eigenvalue weighted by Gasteiger charge is -2.39. The first-order valence-corrected chi connectivity index (χ1v) is 11.1. The van der Waals surface area contributed by atoms with Crippen molar-refractivity contribution >= 4 is 29.3 Å². The maximum Gasteiger partial charge on any atom is 0.262 e. The fourth-order valence-corrected chi connectivity index (χ4v) is 5.02. The van der Waals surface area contributed by atoms with Crippen LogP contribution in [0.25, 0.3) is 0 Å². The Hall–Kier alpha value is -3.24. The molecule has 8 heteroatoms. The van der Waals surface area contributed by atoms with Crippen LogP contribution in [0.4, 0.5) is 4.39 Å². The maximum absolute atomic E-state index is 13.8. The first-order chi connectivity index (χ1) is 15.6. The van der Waals surface area contributed by atoms with E-state index in [1.807, 2.05) is 0 Å². The predicted octanol–water partition coefficient (Wildman–Crippen LogP) is 4.75. The quantitative estimate of drug-likeness (QED) is 0.608. The summed E-state index contributed by atoms with van der Waals surface area (Å²) in [6.45, 7) is 5.03. The molecule has 2 aliphatic heterocycles. The number of carbonyl (C=O) groups excluding carboxylic acids is 3. The van der Waals surface area contributed by atoms with Crippen LogP contribution in [0, 0.1) is 22.6 Å². The predicted molar refractivity (Wildman–Crippen MR) is 120 cm³/mol. The van der Waals surface area contributed by atoms with Gasteiger partial charge in [0.25, 0.3) is 11.8 Å². The van der Waals surface area contributed by atoms with Gasteiger partial charge in [0.15, 0.2) is 0 Å². The molecule has 0 spiro atoms. The van der Waals surface area contributed by atoms with E-state index in [1.54, 1.807) is 49.1 Å². The van der Waals surface area contributed by atoms with Crippen molar-refractivity contribution in [3.63, 3.8) is 0 Å². The minimum atomic E-state index is -1.08. The van der Waals surface area contributed by atoms with Gasteiger partial charge in [0, 0.05) is 0 Å². The zero-order valence-corrected chi connectivity index (χ0v) is 19.3. The standard InChI is InChI=1S/C25H23ClFN3O3/c1-14(29-23(32)16-6-4-5-7-17(16)24(29)33)22(31)30-20(10-11-21(30)25(2,3)13-28)15-8-9-19(27)18(26)12-15/h4-9,12,14,20-21H,10-11H2,1-3H3/t14?,20-,21+/m0/s1. The number of amides is 3. The van der Waals surface area contributed by atoms with Crippen LogP contribution in [0.5, 0.6) is 0 Å². The van der Waals surface area contributed by atoms with Crippen LogP contribution in [0.2, 0.25) is 5.02 Å². The summed E-state index contributed by atoms with van der Waals surface area (Å²) in [5.41, 5.74) is 0.287. The van der Waals surface area contributed by atoms with E-state index in [-0.39, 0.29) is 16.1 Å². The first kappa shape index (κ1) is 22.9. The molecule has 33 heavy (non-hydrogen) atoms. The molecule has 0 aliphatic carbocycles. The Balaban J connectivity index is 1.72. The van der Waals surface area contributed by atoms with Crippen LogP contribution < -0.4 is 0 Å². The largest absolute Gasteiger partial charge is 0.329 e. The molecular weight excluding hydrogens is 445 g/mol. The van der Waals surface area contributed by atoms with E-state index in [9.17, 15) is 24.0 Å². The summed E-state index contributed by atoms with van der Waals surface area (Å²) in [4.78, 5) is 42.3. The van der Waals surface area contributed by atoms with E-state index in [0.29, 0.717) is 18.4 Å². The van der Waals surface area contributed by atoms with Crippen LogP contribution >= 0.6 is 11.6 Å². The van der Waals surface area contributed by atoms with Crippen LogP contribution in [0.3, 0.4) is 0 Å². The van der Waals surface area contributed by atoms with Gasteiger partial charge in [-0.3, -0.25) is 19.3 Å². The number of nitriles is 1. The normalized spacial score (nSPS) is 21.2. The molecule has 170 valence electrons. The molecule has 3 amide bonds. The van der Waals surface area contributed by atoms with E-state index >= 15 is 0 Å². The Morgan fingerprint density at radius 1 is 1.15 bits per heavy atom. The summed E-state index contributed by atoms with van der Waals surface area (Å²) in [7, 11) is 0. The minimum absolute atomic E-state index is 0.0590. The van der Waals surface area contributed by atoms with Crippen molar-refractivity contribution in [1.29, 1.82) is 5.26 Å². The van der Waals surface area contributed by atoms with Crippen molar-refractivity contribution < 1.29 is 18.8 Å². The third-order valence-corrected chi connectivity index (χ3v) is 6.95. The van der Waals surface area contributed by atoms with Gasteiger partial charge in [0.2, 0.25) is 5.91 Å². The molecule has 1 unspecified atom stereocenters. The van der Waals surface area contributed by atoms with Crippen LogP contribution in [-0.2, 0) is 4.79 Å². The zero-order chi connectivity index (χ0) is 24.1. The summed E-state index contributed by atoms with van der Waals surface area (Å²) in [5.74, 6) is -2.05. The molecule has 2 heterocycles. The van der Waals surface area contributed by atoms with Gasteiger partial charge in [0.1, 0.15) is 11.9 Å². The number of halogens is 2. The van der Waals surface area contributed by atoms with Gasteiger partial charge in [-0.15, -0.1) is 0 Å². The van der Waals surface area contributed by atoms with Gasteiger partial charge < -0.3 is 4.90 Å². The molecule has 1 saturated heterocycles. The summed E-state index contributed by atoms with van der Waals surface area (Å²) in [6.07, 6.45) is 1.08. The monoisotopic (exact) mass is 467 g/mol. The van der Waals surface area contributed by atoms with E-state index in [1.165, 1.54) is 19.1 Å². The third kappa shape index (κ3) is 3.68. The fourth-order valence-electron chi connectivity index (χ4n) is 4.83. The van der Waals surface area contributed by atoms with Crippen LogP contribution in [0.15, 0.2) is 42.5 Å². The molecule has 3 atom stereocenters. The Bertz CT molecular complexity index is 1170. The third-order valence-electron chi connectivity index (χ3n) is 6.66. The molecule has 0 N–H and O–H groups in total. The molecule has 2 aliphatic rings. The number of carbonyl (C=O) groups is 3. The van der Waals surface area contributed by atoms with E-state index < -0.39 is 47.1 Å². The molecule has 2 aromatic carbocycles. The van der Waals surface area contributed by atoms with Gasteiger partial charge in [-0.05, 0) is 63.4 Å². The van der Waals surface area contributed by atoms with Gasteiger partial charge in [-0.2, -0.15) is 5.26 Å². The van der Waals surface area contributed by atoms with Gasteiger partial charge >= 0.3 is 0 Å². The van der Waals surface area contributed by atoms with E-state index in [4.69, 9.17) is 11.6 Å². The van der Waals surface area contributed by atoms with Gasteiger partial charge in [-0.25, -0.2) is 4.39 Å². The molecule has 6 nitrogen and oxygen atoms in total. The highest BCUT2D eigenvalue weighted by molar-refractivity contribution is 6.30. The lowest BCUT2D eigenvalue weighted by atomic mass is 9.84. The number of likely N-dealkylation sites (tertiary alicyclic amines) is 1. The Labute approximate surface area is 196 Å². The highest BCUT2D eigenvalue weighted by atomic mass is 35.5. The molecule has 0 aromatic heterocycles. The topological polar surface area (TPSA) is 81.5 Å². The van der Waals surface area contributed by atoms with Crippen molar-refractivity contribution in [3.05, 3.63) is 70.0 Å². The first-order valence-electron chi connectivity index (χ1n) is 10.7. The van der Waals surface area contributed by atoms with Crippen molar-refractivity contribution in [2.45, 2.75) is 51.7 Å². The molecule has 1 fully saturated rings. The molecule has 2 aromatic rings. The lowest BCUT2D eigenvalue weighted by molar-refractivity contribution is -0.139. The Kier molecular flexibility index (Phi) is 5.75. The maximum atomic E-state index is 13.8. The second-order valence-corrected chi connectivity index (χ2v) is 9.47. The van der Waals surface area contributed by atoms with Gasteiger partial charge in [-0.1, -0.05) is 29.8 Å². The second kappa shape index (κ2) is 8.27. The number of imide groups is 1. The molecule has 4 rings (SSSR count). The lowest BCUT2D eigenvalue weighted by Crippen LogP contribution is -2.53. The van der Waals surface area contributed by atoms with Gasteiger partial charge in [0.05, 0.1) is 39.7 Å². The number of fused-ring (bicyclic) bond motifs is 1. The van der Waals surface area contributed by atoms with Crippen molar-refractivity contribution in [2.24, 2.45) is 5.41 Å². The number of nitrogens with zero attached hydrogens (tertiary/aromatic N) is 3. The zero-order valence-electron chi connectivity index (χ0n) is 18.5. The molecule has 0 radical (unpaired) electrons. The average Bonchev–Trinajstić information content (AvgIpc) is 3.35. The minimum Gasteiger partial charge on any atom is -0.329 e. The smallest absolute Gasteiger partial charge is 0.262 e. The number of benzene rings is 2. The molecular formula is C25H23ClFN3O3. The molecule has 0 saturated carbocycles. The fraction of sp³-hybridized carbons (Fsp3) is 0.360. The van der Waals surface area contributed by atoms with Crippen molar-refractivity contribution in [1.82, 2.24) is 9.80 Å². The number of hydrogen-bond acceptors (Lipinski definition) is 4. The van der Waals surface area contributed by atoms with E-state index in [0.717, 1.165) is 4.90 Å². The Morgan fingerprint density at radius 2 is 1.76 bits per heavy atom. The van der Waals surface area contributed by atoms with Crippen molar-refractivity contribution in [2.75, 3.05) is 0 Å². The Morgan fingerprint density at radius 3 is 2.30 bits per heavy atom. The summed E-state index contributed by atoms with van der Waals surface area (Å²) in [5, 5.41) is 9.71. The summed E-state index contributed by atoms with van der Waals surface area (Å²) < 4.78 is 13.8. The summed E-state index contributed by atoms with van der Waals surface area (Å²) in [6, 6.07) is 11.0. The highest BCUT2D eigenvalue weighted by Crippen LogP contribution is 2.44. The number of hydrogen-bond donors (Lipinski definition) is 0. The van der Waals surface area contributed by atoms with E-state index in [2.05, 4.69) is 6.07 Å². The highest BCUT2D eigenvalue weighted by Gasteiger charge is 2.49. The van der Waals surface area contributed by atoms with Crippen LogP contribution in [0.1, 0.15) is 65.9 Å². The second-order valence-electron chi connectivity index (χ2n) is 9.06. The average molecular weight is 468 g/mol. The number of rotatable bonds is 4. The van der Waals surface area contributed by atoms with Crippen LogP contribution in [-0.4, -0.2) is 39.6 Å². The van der Waals surface area contributed by atoms with Crippen molar-refractivity contribution in [3.8, 4) is 6.07 Å². The molecule has 0 bridgehead atoms. The SMILES string of the molecule is CC(C(=O)N1[C@H](c2ccc(F)c(Cl)c2)CC[C@@H]1C(C)(C)C#N)N1C(=O)c2ccccc2C1=O.